The molecule has 5 heteroatoms. The van der Waals surface area contributed by atoms with Crippen LogP contribution in [0.2, 0.25) is 0 Å². The highest BCUT2D eigenvalue weighted by molar-refractivity contribution is 5.84. The lowest BCUT2D eigenvalue weighted by Crippen LogP contribution is -2.60. The van der Waals surface area contributed by atoms with Crippen molar-refractivity contribution >= 4 is 5.91 Å². The van der Waals surface area contributed by atoms with Crippen LogP contribution in [0.4, 0.5) is 0 Å². The van der Waals surface area contributed by atoms with Crippen molar-refractivity contribution in [2.45, 2.75) is 49.7 Å². The lowest BCUT2D eigenvalue weighted by Gasteiger charge is -2.43. The zero-order valence-corrected chi connectivity index (χ0v) is 11.4. The standard InChI is InChI=1S/C13H25N3O2/c1-15-13(12(14)17)6-3-4-10(8-13)16(2)11-5-7-18-9-11/h10-11,15H,3-9H2,1-2H3,(H2,14,17). The summed E-state index contributed by atoms with van der Waals surface area (Å²) < 4.78 is 5.45. The Morgan fingerprint density at radius 3 is 2.78 bits per heavy atom. The molecule has 3 unspecified atom stereocenters. The predicted molar refractivity (Wildman–Crippen MR) is 70.2 cm³/mol. The first kappa shape index (κ1) is 13.8. The Balaban J connectivity index is 2.03. The number of carbonyl (C=O) groups excluding carboxylic acids is 1. The van der Waals surface area contributed by atoms with E-state index in [1.165, 1.54) is 0 Å². The van der Waals surface area contributed by atoms with Crippen molar-refractivity contribution in [3.05, 3.63) is 0 Å². The molecule has 0 radical (unpaired) electrons. The summed E-state index contributed by atoms with van der Waals surface area (Å²) in [4.78, 5) is 14.1. The maximum absolute atomic E-state index is 11.7. The first-order chi connectivity index (χ1) is 8.59. The lowest BCUT2D eigenvalue weighted by molar-refractivity contribution is -0.126. The van der Waals surface area contributed by atoms with Gasteiger partial charge in [-0.2, -0.15) is 0 Å². The van der Waals surface area contributed by atoms with Gasteiger partial charge in [-0.1, -0.05) is 0 Å². The Bertz CT molecular complexity index is 305. The van der Waals surface area contributed by atoms with E-state index in [0.717, 1.165) is 45.3 Å². The summed E-state index contributed by atoms with van der Waals surface area (Å²) in [6, 6.07) is 0.918. The highest BCUT2D eigenvalue weighted by Gasteiger charge is 2.42. The number of likely N-dealkylation sites (N-methyl/N-ethyl adjacent to an activating group) is 2. The van der Waals surface area contributed by atoms with Crippen molar-refractivity contribution in [1.29, 1.82) is 0 Å². The number of carbonyl (C=O) groups is 1. The van der Waals surface area contributed by atoms with Gasteiger partial charge in [0.1, 0.15) is 0 Å². The van der Waals surface area contributed by atoms with Crippen molar-refractivity contribution in [2.24, 2.45) is 5.73 Å². The van der Waals surface area contributed by atoms with Gasteiger partial charge in [0, 0.05) is 18.7 Å². The molecular formula is C13H25N3O2. The van der Waals surface area contributed by atoms with Gasteiger partial charge in [0.25, 0.3) is 0 Å². The number of nitrogens with zero attached hydrogens (tertiary/aromatic N) is 1. The molecule has 18 heavy (non-hydrogen) atoms. The normalized spacial score (nSPS) is 37.1. The van der Waals surface area contributed by atoms with Crippen LogP contribution in [0.15, 0.2) is 0 Å². The number of amides is 1. The van der Waals surface area contributed by atoms with Crippen LogP contribution >= 0.6 is 0 Å². The van der Waals surface area contributed by atoms with Crippen molar-refractivity contribution in [2.75, 3.05) is 27.3 Å². The molecule has 1 amide bonds. The fourth-order valence-corrected chi connectivity index (χ4v) is 3.31. The largest absolute Gasteiger partial charge is 0.380 e. The van der Waals surface area contributed by atoms with Gasteiger partial charge >= 0.3 is 0 Å². The van der Waals surface area contributed by atoms with E-state index >= 15 is 0 Å². The monoisotopic (exact) mass is 255 g/mol. The van der Waals surface area contributed by atoms with Gasteiger partial charge in [-0.25, -0.2) is 0 Å². The summed E-state index contributed by atoms with van der Waals surface area (Å²) in [7, 11) is 3.99. The molecule has 1 heterocycles. The molecule has 2 aliphatic rings. The molecule has 0 aromatic heterocycles. The molecule has 1 saturated carbocycles. The number of primary amides is 1. The van der Waals surface area contributed by atoms with Crippen molar-refractivity contribution in [3.63, 3.8) is 0 Å². The summed E-state index contributed by atoms with van der Waals surface area (Å²) >= 11 is 0. The molecule has 3 atom stereocenters. The van der Waals surface area contributed by atoms with Crippen molar-refractivity contribution in [1.82, 2.24) is 10.2 Å². The second-order valence-corrected chi connectivity index (χ2v) is 5.63. The minimum atomic E-state index is -0.517. The second kappa shape index (κ2) is 5.55. The Labute approximate surface area is 109 Å². The van der Waals surface area contributed by atoms with Gasteiger partial charge in [0.05, 0.1) is 12.1 Å². The molecule has 3 N–H and O–H groups in total. The van der Waals surface area contributed by atoms with E-state index in [9.17, 15) is 4.79 Å². The highest BCUT2D eigenvalue weighted by atomic mass is 16.5. The third-order valence-electron chi connectivity index (χ3n) is 4.73. The van der Waals surface area contributed by atoms with Crippen LogP contribution < -0.4 is 11.1 Å². The van der Waals surface area contributed by atoms with Gasteiger partial charge in [0.15, 0.2) is 0 Å². The zero-order chi connectivity index (χ0) is 13.2. The second-order valence-electron chi connectivity index (χ2n) is 5.63. The van der Waals surface area contributed by atoms with Crippen LogP contribution in [-0.2, 0) is 9.53 Å². The number of rotatable bonds is 4. The van der Waals surface area contributed by atoms with Crippen LogP contribution in [0, 0.1) is 0 Å². The minimum Gasteiger partial charge on any atom is -0.380 e. The van der Waals surface area contributed by atoms with E-state index in [1.54, 1.807) is 0 Å². The topological polar surface area (TPSA) is 67.6 Å². The first-order valence-corrected chi connectivity index (χ1v) is 6.87. The molecule has 0 bridgehead atoms. The first-order valence-electron chi connectivity index (χ1n) is 6.87. The Morgan fingerprint density at radius 1 is 1.44 bits per heavy atom. The summed E-state index contributed by atoms with van der Waals surface area (Å²) in [6.07, 6.45) is 4.95. The molecular weight excluding hydrogens is 230 g/mol. The maximum Gasteiger partial charge on any atom is 0.237 e. The maximum atomic E-state index is 11.7. The number of hydrogen-bond acceptors (Lipinski definition) is 4. The molecule has 1 aliphatic carbocycles. The molecule has 5 nitrogen and oxygen atoms in total. The van der Waals surface area contributed by atoms with E-state index in [-0.39, 0.29) is 5.91 Å². The zero-order valence-electron chi connectivity index (χ0n) is 11.4. The number of nitrogens with one attached hydrogen (secondary N) is 1. The lowest BCUT2D eigenvalue weighted by atomic mass is 9.77. The van der Waals surface area contributed by atoms with Crippen LogP contribution in [0.5, 0.6) is 0 Å². The number of ether oxygens (including phenoxy) is 1. The molecule has 0 spiro atoms. The fraction of sp³-hybridized carbons (Fsp3) is 0.923. The van der Waals surface area contributed by atoms with Gasteiger partial charge in [-0.05, 0) is 46.2 Å². The molecule has 104 valence electrons. The van der Waals surface area contributed by atoms with Gasteiger partial charge in [-0.15, -0.1) is 0 Å². The van der Waals surface area contributed by atoms with E-state index in [0.29, 0.717) is 12.1 Å². The van der Waals surface area contributed by atoms with Crippen LogP contribution in [-0.4, -0.2) is 55.7 Å². The van der Waals surface area contributed by atoms with Crippen LogP contribution in [0.1, 0.15) is 32.1 Å². The number of hydrogen-bond donors (Lipinski definition) is 2. The van der Waals surface area contributed by atoms with Gasteiger partial charge in [0.2, 0.25) is 5.91 Å². The minimum absolute atomic E-state index is 0.217. The quantitative estimate of drug-likeness (QED) is 0.747. The highest BCUT2D eigenvalue weighted by Crippen LogP contribution is 2.32. The average Bonchev–Trinajstić information content (AvgIpc) is 2.91. The van der Waals surface area contributed by atoms with Gasteiger partial charge in [-0.3, -0.25) is 9.69 Å². The molecule has 2 fully saturated rings. The molecule has 1 saturated heterocycles. The predicted octanol–water partition coefficient (Wildman–Crippen LogP) is 0.0932. The molecule has 1 aliphatic heterocycles. The average molecular weight is 255 g/mol. The number of nitrogens with two attached hydrogens (primary N) is 1. The summed E-state index contributed by atoms with van der Waals surface area (Å²) in [6.45, 7) is 1.67. The van der Waals surface area contributed by atoms with Crippen molar-refractivity contribution < 1.29 is 9.53 Å². The van der Waals surface area contributed by atoms with Crippen LogP contribution in [0.3, 0.4) is 0 Å². The van der Waals surface area contributed by atoms with E-state index in [4.69, 9.17) is 10.5 Å². The van der Waals surface area contributed by atoms with E-state index in [1.807, 2.05) is 7.05 Å². The molecule has 2 rings (SSSR count). The van der Waals surface area contributed by atoms with E-state index < -0.39 is 5.54 Å². The third kappa shape index (κ3) is 2.53. The summed E-state index contributed by atoms with van der Waals surface area (Å²) in [5, 5.41) is 3.16. The summed E-state index contributed by atoms with van der Waals surface area (Å²) in [5.74, 6) is -0.217. The fourth-order valence-electron chi connectivity index (χ4n) is 3.31. The Morgan fingerprint density at radius 2 is 2.22 bits per heavy atom. The SMILES string of the molecule is CNC1(C(N)=O)CCCC(N(C)C2CCOC2)C1. The smallest absolute Gasteiger partial charge is 0.237 e. The third-order valence-corrected chi connectivity index (χ3v) is 4.73. The van der Waals surface area contributed by atoms with Crippen molar-refractivity contribution in [3.8, 4) is 0 Å². The molecule has 0 aromatic rings. The van der Waals surface area contributed by atoms with E-state index in [2.05, 4.69) is 17.3 Å². The van der Waals surface area contributed by atoms with Gasteiger partial charge < -0.3 is 15.8 Å². The summed E-state index contributed by atoms with van der Waals surface area (Å²) in [5.41, 5.74) is 5.07. The van der Waals surface area contributed by atoms with Crippen LogP contribution in [0.25, 0.3) is 0 Å². The Kier molecular flexibility index (Phi) is 4.25. The molecule has 0 aromatic carbocycles. The Hall–Kier alpha value is -0.650.